The van der Waals surface area contributed by atoms with Crippen LogP contribution in [-0.4, -0.2) is 31.6 Å². The van der Waals surface area contributed by atoms with Crippen molar-refractivity contribution in [3.05, 3.63) is 57.6 Å². The van der Waals surface area contributed by atoms with Crippen molar-refractivity contribution in [2.75, 3.05) is 20.8 Å². The van der Waals surface area contributed by atoms with Crippen LogP contribution in [0.2, 0.25) is 10.0 Å². The maximum absolute atomic E-state index is 12.2. The lowest BCUT2D eigenvalue weighted by Gasteiger charge is -2.18. The van der Waals surface area contributed by atoms with E-state index in [2.05, 4.69) is 0 Å². The van der Waals surface area contributed by atoms with E-state index >= 15 is 0 Å². The number of halogens is 2. The average molecular weight is 379 g/mol. The molecule has 0 saturated heterocycles. The predicted octanol–water partition coefficient (Wildman–Crippen LogP) is 3.91. The molecule has 0 aliphatic rings. The summed E-state index contributed by atoms with van der Waals surface area (Å²) >= 11 is 11.9. The minimum Gasteiger partial charge on any atom is -0.493 e. The molecule has 5 nitrogen and oxygen atoms in total. The van der Waals surface area contributed by atoms with Crippen LogP contribution in [0.15, 0.2) is 36.4 Å². The van der Waals surface area contributed by atoms with Gasteiger partial charge in [-0.15, -0.1) is 0 Å². The number of nitriles is 1. The van der Waals surface area contributed by atoms with Gasteiger partial charge < -0.3 is 14.4 Å². The van der Waals surface area contributed by atoms with E-state index in [0.29, 0.717) is 33.7 Å². The molecule has 0 N–H and O–H groups in total. The second-order valence-corrected chi connectivity index (χ2v) is 6.08. The summed E-state index contributed by atoms with van der Waals surface area (Å²) in [4.78, 5) is 13.8. The van der Waals surface area contributed by atoms with E-state index in [1.807, 2.05) is 12.1 Å². The quantitative estimate of drug-likeness (QED) is 0.764. The first-order valence-corrected chi connectivity index (χ1v) is 8.09. The monoisotopic (exact) mass is 378 g/mol. The van der Waals surface area contributed by atoms with Crippen LogP contribution in [-0.2, 0) is 11.3 Å². The summed E-state index contributed by atoms with van der Waals surface area (Å²) in [5.41, 5.74) is 1.31. The third kappa shape index (κ3) is 5.02. The summed E-state index contributed by atoms with van der Waals surface area (Å²) < 4.78 is 10.7. The fourth-order valence-electron chi connectivity index (χ4n) is 2.11. The van der Waals surface area contributed by atoms with Gasteiger partial charge >= 0.3 is 0 Å². The number of methoxy groups -OCH3 is 1. The molecular weight excluding hydrogens is 363 g/mol. The number of carbonyl (C=O) groups excluding carboxylic acids is 1. The molecule has 0 atom stereocenters. The Morgan fingerprint density at radius 1 is 1.16 bits per heavy atom. The molecule has 25 heavy (non-hydrogen) atoms. The van der Waals surface area contributed by atoms with Gasteiger partial charge in [0, 0.05) is 19.7 Å². The highest BCUT2D eigenvalue weighted by Crippen LogP contribution is 2.28. The number of nitrogens with zero attached hydrogens (tertiary/aromatic N) is 2. The summed E-state index contributed by atoms with van der Waals surface area (Å²) in [6, 6.07) is 12.0. The Bertz CT molecular complexity index is 818. The van der Waals surface area contributed by atoms with E-state index in [1.165, 1.54) is 12.0 Å². The van der Waals surface area contributed by atoms with Gasteiger partial charge in [-0.25, -0.2) is 0 Å². The molecule has 0 heterocycles. The Balaban J connectivity index is 1.97. The van der Waals surface area contributed by atoms with Gasteiger partial charge in [-0.05, 0) is 29.8 Å². The van der Waals surface area contributed by atoms with Crippen LogP contribution < -0.4 is 9.47 Å². The zero-order valence-corrected chi connectivity index (χ0v) is 15.3. The van der Waals surface area contributed by atoms with E-state index in [1.54, 1.807) is 37.4 Å². The molecule has 0 aliphatic heterocycles. The molecule has 0 aromatic heterocycles. The molecule has 0 fully saturated rings. The summed E-state index contributed by atoms with van der Waals surface area (Å²) in [5.74, 6) is 0.592. The SMILES string of the molecule is COc1cc(C#N)ccc1OCC(=O)N(C)Cc1ccc(Cl)c(Cl)c1. The highest BCUT2D eigenvalue weighted by molar-refractivity contribution is 6.42. The maximum Gasteiger partial charge on any atom is 0.260 e. The van der Waals surface area contributed by atoms with Crippen molar-refractivity contribution in [3.63, 3.8) is 0 Å². The number of hydrogen-bond acceptors (Lipinski definition) is 4. The predicted molar refractivity (Wildman–Crippen MR) is 96.1 cm³/mol. The third-order valence-corrected chi connectivity index (χ3v) is 4.21. The van der Waals surface area contributed by atoms with Crippen molar-refractivity contribution in [2.24, 2.45) is 0 Å². The molecular formula is C18H16Cl2N2O3. The molecule has 2 aromatic rings. The van der Waals surface area contributed by atoms with Crippen molar-refractivity contribution >= 4 is 29.1 Å². The molecule has 0 radical (unpaired) electrons. The molecule has 1 amide bonds. The highest BCUT2D eigenvalue weighted by Gasteiger charge is 2.13. The van der Waals surface area contributed by atoms with Gasteiger partial charge in [0.15, 0.2) is 18.1 Å². The first kappa shape index (κ1) is 18.9. The molecule has 0 bridgehead atoms. The Labute approximate surface area is 156 Å². The van der Waals surface area contributed by atoms with E-state index in [9.17, 15) is 4.79 Å². The van der Waals surface area contributed by atoms with Crippen molar-refractivity contribution in [1.29, 1.82) is 5.26 Å². The molecule has 0 spiro atoms. The number of likely N-dealkylation sites (N-methyl/N-ethyl adjacent to an activating group) is 1. The van der Waals surface area contributed by atoms with E-state index in [-0.39, 0.29) is 12.5 Å². The minimum atomic E-state index is -0.211. The minimum absolute atomic E-state index is 0.153. The van der Waals surface area contributed by atoms with Gasteiger partial charge in [0.1, 0.15) is 0 Å². The van der Waals surface area contributed by atoms with Gasteiger partial charge in [0.2, 0.25) is 0 Å². The van der Waals surface area contributed by atoms with Gasteiger partial charge in [-0.3, -0.25) is 4.79 Å². The topological polar surface area (TPSA) is 62.6 Å². The van der Waals surface area contributed by atoms with Crippen molar-refractivity contribution in [3.8, 4) is 17.6 Å². The number of ether oxygens (including phenoxy) is 2. The van der Waals surface area contributed by atoms with Crippen LogP contribution in [0.4, 0.5) is 0 Å². The van der Waals surface area contributed by atoms with Crippen molar-refractivity contribution < 1.29 is 14.3 Å². The number of amides is 1. The zero-order chi connectivity index (χ0) is 18.4. The zero-order valence-electron chi connectivity index (χ0n) is 13.8. The third-order valence-electron chi connectivity index (χ3n) is 3.47. The molecule has 2 rings (SSSR count). The fraction of sp³-hybridized carbons (Fsp3) is 0.222. The number of rotatable bonds is 6. The normalized spacial score (nSPS) is 10.0. The van der Waals surface area contributed by atoms with Crippen LogP contribution in [0.3, 0.4) is 0 Å². The molecule has 0 aliphatic carbocycles. The summed E-state index contributed by atoms with van der Waals surface area (Å²) in [6.45, 7) is 0.226. The van der Waals surface area contributed by atoms with Crippen LogP contribution in [0, 0.1) is 11.3 Å². The van der Waals surface area contributed by atoms with Gasteiger partial charge in [-0.2, -0.15) is 5.26 Å². The molecule has 7 heteroatoms. The molecule has 0 saturated carbocycles. The Morgan fingerprint density at radius 3 is 2.56 bits per heavy atom. The van der Waals surface area contributed by atoms with Crippen LogP contribution in [0.1, 0.15) is 11.1 Å². The largest absolute Gasteiger partial charge is 0.493 e. The van der Waals surface area contributed by atoms with E-state index in [4.69, 9.17) is 37.9 Å². The van der Waals surface area contributed by atoms with Gasteiger partial charge in [-0.1, -0.05) is 29.3 Å². The van der Waals surface area contributed by atoms with Gasteiger partial charge in [0.05, 0.1) is 28.8 Å². The fourth-order valence-corrected chi connectivity index (χ4v) is 2.43. The standard InChI is InChI=1S/C18H16Cl2N2O3/c1-22(10-13-3-5-14(19)15(20)7-13)18(23)11-25-16-6-4-12(9-21)8-17(16)24-2/h3-8H,10-11H2,1-2H3. The number of hydrogen-bond donors (Lipinski definition) is 0. The lowest BCUT2D eigenvalue weighted by molar-refractivity contribution is -0.132. The number of carbonyl (C=O) groups is 1. The summed E-state index contributed by atoms with van der Waals surface area (Å²) in [7, 11) is 3.14. The molecule has 0 unspecified atom stereocenters. The second-order valence-electron chi connectivity index (χ2n) is 5.26. The Hall–Kier alpha value is -2.42. The Morgan fingerprint density at radius 2 is 1.92 bits per heavy atom. The average Bonchev–Trinajstić information content (AvgIpc) is 2.62. The Kier molecular flexibility index (Phi) is 6.51. The molecule has 2 aromatic carbocycles. The maximum atomic E-state index is 12.2. The molecule has 130 valence electrons. The summed E-state index contributed by atoms with van der Waals surface area (Å²) in [6.07, 6.45) is 0. The van der Waals surface area contributed by atoms with Crippen LogP contribution >= 0.6 is 23.2 Å². The van der Waals surface area contributed by atoms with E-state index in [0.717, 1.165) is 5.56 Å². The second kappa shape index (κ2) is 8.61. The van der Waals surface area contributed by atoms with Gasteiger partial charge in [0.25, 0.3) is 5.91 Å². The van der Waals surface area contributed by atoms with Crippen LogP contribution in [0.5, 0.6) is 11.5 Å². The highest BCUT2D eigenvalue weighted by atomic mass is 35.5. The van der Waals surface area contributed by atoms with Crippen LogP contribution in [0.25, 0.3) is 0 Å². The van der Waals surface area contributed by atoms with Crippen molar-refractivity contribution in [1.82, 2.24) is 4.90 Å². The first-order valence-electron chi connectivity index (χ1n) is 7.33. The smallest absolute Gasteiger partial charge is 0.260 e. The summed E-state index contributed by atoms with van der Waals surface area (Å²) in [5, 5.41) is 9.80. The van der Waals surface area contributed by atoms with Crippen molar-refractivity contribution in [2.45, 2.75) is 6.54 Å². The van der Waals surface area contributed by atoms with E-state index < -0.39 is 0 Å². The lowest BCUT2D eigenvalue weighted by Crippen LogP contribution is -2.31. The number of benzene rings is 2. The first-order chi connectivity index (χ1) is 11.9. The lowest BCUT2D eigenvalue weighted by atomic mass is 10.2.